The minimum absolute atomic E-state index is 0.137. The molecule has 0 aliphatic heterocycles. The maximum absolute atomic E-state index is 10.8. The molecule has 1 aromatic carbocycles. The normalized spacial score (nSPS) is 10.5. The molecule has 1 aromatic rings. The van der Waals surface area contributed by atoms with Crippen molar-refractivity contribution in [2.75, 3.05) is 26.9 Å². The molecule has 0 saturated carbocycles. The van der Waals surface area contributed by atoms with E-state index in [0.29, 0.717) is 5.56 Å². The van der Waals surface area contributed by atoms with Crippen LogP contribution in [-0.2, 0) is 4.74 Å². The SMILES string of the molecule is CC(O)CO.COC(=O)c1ccc(O)cc1.OCCCCO. The number of aliphatic hydroxyl groups is 4. The van der Waals surface area contributed by atoms with Gasteiger partial charge in [0.15, 0.2) is 0 Å². The van der Waals surface area contributed by atoms with Crippen molar-refractivity contribution >= 4 is 5.97 Å². The van der Waals surface area contributed by atoms with Crippen LogP contribution in [0.4, 0.5) is 0 Å². The molecule has 22 heavy (non-hydrogen) atoms. The van der Waals surface area contributed by atoms with E-state index in [-0.39, 0.29) is 25.6 Å². The highest BCUT2D eigenvalue weighted by atomic mass is 16.5. The molecule has 128 valence electrons. The molecule has 0 amide bonds. The number of unbranched alkanes of at least 4 members (excludes halogenated alkanes) is 1. The Hall–Kier alpha value is -1.67. The first kappa shape index (κ1) is 22.6. The molecule has 0 fully saturated rings. The standard InChI is InChI=1S/C8H8O3.C4H10O2.C3H8O2/c1-11-8(10)6-2-4-7(9)5-3-6;5-3-1-2-4-6;1-3(5)2-4/h2-5,9H,1H3;5-6H,1-4H2;3-5H,2H2,1H3. The van der Waals surface area contributed by atoms with E-state index in [2.05, 4.69) is 4.74 Å². The van der Waals surface area contributed by atoms with E-state index in [1.54, 1.807) is 0 Å². The maximum atomic E-state index is 10.8. The van der Waals surface area contributed by atoms with E-state index in [4.69, 9.17) is 25.5 Å². The van der Waals surface area contributed by atoms with Gasteiger partial charge in [-0.1, -0.05) is 0 Å². The Labute approximate surface area is 130 Å². The average Bonchev–Trinajstić information content (AvgIpc) is 2.54. The first-order valence-corrected chi connectivity index (χ1v) is 6.80. The number of phenolic OH excluding ortho intramolecular Hbond substituents is 1. The van der Waals surface area contributed by atoms with E-state index in [0.717, 1.165) is 12.8 Å². The van der Waals surface area contributed by atoms with Gasteiger partial charge in [0.05, 0.1) is 25.4 Å². The summed E-state index contributed by atoms with van der Waals surface area (Å²) in [5.74, 6) is -0.261. The van der Waals surface area contributed by atoms with Crippen molar-refractivity contribution in [2.24, 2.45) is 0 Å². The van der Waals surface area contributed by atoms with Gasteiger partial charge in [-0.2, -0.15) is 0 Å². The minimum atomic E-state index is -0.560. The number of hydrogen-bond acceptors (Lipinski definition) is 7. The van der Waals surface area contributed by atoms with Crippen LogP contribution in [0.2, 0.25) is 0 Å². The van der Waals surface area contributed by atoms with E-state index < -0.39 is 12.1 Å². The molecule has 0 saturated heterocycles. The van der Waals surface area contributed by atoms with Crippen molar-refractivity contribution in [3.63, 3.8) is 0 Å². The average molecular weight is 318 g/mol. The van der Waals surface area contributed by atoms with Gasteiger partial charge in [0.2, 0.25) is 0 Å². The number of methoxy groups -OCH3 is 1. The molecular formula is C15H26O7. The summed E-state index contributed by atoms with van der Waals surface area (Å²) in [7, 11) is 1.31. The number of ether oxygens (including phenoxy) is 1. The summed E-state index contributed by atoms with van der Waals surface area (Å²) in [4.78, 5) is 10.8. The molecule has 0 heterocycles. The van der Waals surface area contributed by atoms with Crippen LogP contribution in [0.1, 0.15) is 30.1 Å². The van der Waals surface area contributed by atoms with Crippen LogP contribution in [0.5, 0.6) is 5.75 Å². The predicted octanol–water partition coefficient (Wildman–Crippen LogP) is 0.289. The predicted molar refractivity (Wildman–Crippen MR) is 81.6 cm³/mol. The van der Waals surface area contributed by atoms with Gasteiger partial charge in [-0.05, 0) is 44.0 Å². The summed E-state index contributed by atoms with van der Waals surface area (Å²) in [5.41, 5.74) is 0.435. The summed E-state index contributed by atoms with van der Waals surface area (Å²) < 4.78 is 4.46. The van der Waals surface area contributed by atoms with Gasteiger partial charge >= 0.3 is 5.97 Å². The van der Waals surface area contributed by atoms with E-state index in [1.165, 1.54) is 38.3 Å². The highest BCUT2D eigenvalue weighted by molar-refractivity contribution is 5.89. The number of benzene rings is 1. The van der Waals surface area contributed by atoms with Crippen LogP contribution >= 0.6 is 0 Å². The smallest absolute Gasteiger partial charge is 0.337 e. The second-order valence-electron chi connectivity index (χ2n) is 4.22. The van der Waals surface area contributed by atoms with Gasteiger partial charge < -0.3 is 30.3 Å². The van der Waals surface area contributed by atoms with Gasteiger partial charge in [0.25, 0.3) is 0 Å². The van der Waals surface area contributed by atoms with Crippen LogP contribution in [0, 0.1) is 0 Å². The minimum Gasteiger partial charge on any atom is -0.508 e. The molecule has 0 radical (unpaired) electrons. The molecule has 0 bridgehead atoms. The molecule has 1 atom stereocenters. The van der Waals surface area contributed by atoms with Gasteiger partial charge in [-0.3, -0.25) is 0 Å². The van der Waals surface area contributed by atoms with Crippen molar-refractivity contribution in [1.82, 2.24) is 0 Å². The summed E-state index contributed by atoms with van der Waals surface area (Å²) in [5, 5.41) is 41.0. The molecule has 0 aromatic heterocycles. The Morgan fingerprint density at radius 2 is 1.50 bits per heavy atom. The third kappa shape index (κ3) is 14.7. The first-order valence-electron chi connectivity index (χ1n) is 6.80. The second kappa shape index (κ2) is 15.7. The molecule has 0 aliphatic rings. The third-order valence-electron chi connectivity index (χ3n) is 2.12. The maximum Gasteiger partial charge on any atom is 0.337 e. The number of hydrogen-bond donors (Lipinski definition) is 5. The van der Waals surface area contributed by atoms with Gasteiger partial charge in [-0.15, -0.1) is 0 Å². The second-order valence-corrected chi connectivity index (χ2v) is 4.22. The fourth-order valence-electron chi connectivity index (χ4n) is 0.939. The highest BCUT2D eigenvalue weighted by Gasteiger charge is 2.02. The molecule has 1 rings (SSSR count). The van der Waals surface area contributed by atoms with Gasteiger partial charge in [0, 0.05) is 13.2 Å². The lowest BCUT2D eigenvalue weighted by Crippen LogP contribution is -2.03. The summed E-state index contributed by atoms with van der Waals surface area (Å²) in [6.45, 7) is 1.78. The molecule has 0 aliphatic carbocycles. The topological polar surface area (TPSA) is 127 Å². The van der Waals surface area contributed by atoms with Crippen molar-refractivity contribution in [2.45, 2.75) is 25.9 Å². The quantitative estimate of drug-likeness (QED) is 0.390. The van der Waals surface area contributed by atoms with Crippen molar-refractivity contribution in [3.8, 4) is 5.75 Å². The molecular weight excluding hydrogens is 292 g/mol. The number of carbonyl (C=O) groups is 1. The number of aromatic hydroxyl groups is 1. The lowest BCUT2D eigenvalue weighted by molar-refractivity contribution is 0.0600. The molecule has 7 nitrogen and oxygen atoms in total. The first-order chi connectivity index (χ1) is 10.4. The number of aliphatic hydroxyl groups excluding tert-OH is 4. The fraction of sp³-hybridized carbons (Fsp3) is 0.533. The number of carbonyl (C=O) groups excluding carboxylic acids is 1. The zero-order valence-corrected chi connectivity index (χ0v) is 13.0. The van der Waals surface area contributed by atoms with Gasteiger partial charge in [0.1, 0.15) is 5.75 Å². The summed E-state index contributed by atoms with van der Waals surface area (Å²) in [6, 6.07) is 5.88. The Morgan fingerprint density at radius 3 is 1.77 bits per heavy atom. The molecule has 7 heteroatoms. The van der Waals surface area contributed by atoms with Crippen molar-refractivity contribution < 1.29 is 35.1 Å². The van der Waals surface area contributed by atoms with Crippen LogP contribution in [0.25, 0.3) is 0 Å². The third-order valence-corrected chi connectivity index (χ3v) is 2.12. The fourth-order valence-corrected chi connectivity index (χ4v) is 0.939. The monoisotopic (exact) mass is 318 g/mol. The van der Waals surface area contributed by atoms with E-state index in [9.17, 15) is 4.79 Å². The molecule has 1 unspecified atom stereocenters. The van der Waals surface area contributed by atoms with Crippen LogP contribution < -0.4 is 0 Å². The van der Waals surface area contributed by atoms with Crippen molar-refractivity contribution in [3.05, 3.63) is 29.8 Å². The van der Waals surface area contributed by atoms with Crippen molar-refractivity contribution in [1.29, 1.82) is 0 Å². The van der Waals surface area contributed by atoms with Gasteiger partial charge in [-0.25, -0.2) is 4.79 Å². The Balaban J connectivity index is 0. The lowest BCUT2D eigenvalue weighted by atomic mass is 10.2. The Bertz CT molecular complexity index is 359. The Kier molecular flexibility index (Phi) is 16.1. The van der Waals surface area contributed by atoms with Crippen LogP contribution in [0.15, 0.2) is 24.3 Å². The largest absolute Gasteiger partial charge is 0.508 e. The van der Waals surface area contributed by atoms with Crippen LogP contribution in [0.3, 0.4) is 0 Å². The zero-order chi connectivity index (χ0) is 17.4. The van der Waals surface area contributed by atoms with E-state index in [1.807, 2.05) is 0 Å². The number of rotatable bonds is 5. The lowest BCUT2D eigenvalue weighted by Gasteiger charge is -1.97. The number of phenols is 1. The zero-order valence-electron chi connectivity index (χ0n) is 13.0. The summed E-state index contributed by atoms with van der Waals surface area (Å²) >= 11 is 0. The Morgan fingerprint density at radius 1 is 1.09 bits per heavy atom. The van der Waals surface area contributed by atoms with Crippen LogP contribution in [-0.4, -0.2) is 64.5 Å². The van der Waals surface area contributed by atoms with E-state index >= 15 is 0 Å². The molecule has 0 spiro atoms. The highest BCUT2D eigenvalue weighted by Crippen LogP contribution is 2.09. The summed E-state index contributed by atoms with van der Waals surface area (Å²) in [6.07, 6.45) is 0.877. The number of esters is 1. The molecule has 5 N–H and O–H groups in total.